The second-order valence-corrected chi connectivity index (χ2v) is 7.86. The summed E-state index contributed by atoms with van der Waals surface area (Å²) in [5, 5.41) is 3.10. The van der Waals surface area contributed by atoms with Crippen LogP contribution in [0, 0.1) is 11.8 Å². The number of carbonyl (C=O) groups excluding carboxylic acids is 1. The van der Waals surface area contributed by atoms with Crippen LogP contribution in [0.2, 0.25) is 0 Å². The largest absolute Gasteiger partial charge is 0.493 e. The minimum absolute atomic E-state index is 0.0603. The van der Waals surface area contributed by atoms with E-state index in [2.05, 4.69) is 29.4 Å². The summed E-state index contributed by atoms with van der Waals surface area (Å²) in [4.78, 5) is 14.9. The maximum Gasteiger partial charge on any atom is 0.251 e. The zero-order valence-corrected chi connectivity index (χ0v) is 14.6. The molecule has 2 heterocycles. The first-order valence-corrected chi connectivity index (χ1v) is 9.44. The van der Waals surface area contributed by atoms with Gasteiger partial charge in [-0.1, -0.05) is 25.3 Å². The lowest BCUT2D eigenvalue weighted by atomic mass is 9.87. The van der Waals surface area contributed by atoms with Gasteiger partial charge in [0.2, 0.25) is 0 Å². The van der Waals surface area contributed by atoms with Crippen molar-refractivity contribution >= 4 is 5.91 Å². The number of ether oxygens (including phenoxy) is 1. The number of amides is 1. The van der Waals surface area contributed by atoms with Gasteiger partial charge in [-0.15, -0.1) is 0 Å². The Morgan fingerprint density at radius 2 is 2.04 bits per heavy atom. The summed E-state index contributed by atoms with van der Waals surface area (Å²) in [7, 11) is 2.16. The molecule has 1 aromatic rings. The summed E-state index contributed by atoms with van der Waals surface area (Å²) < 4.78 is 6.04. The molecule has 0 aromatic heterocycles. The van der Waals surface area contributed by atoms with Gasteiger partial charge in [-0.05, 0) is 49.4 Å². The molecule has 3 aliphatic rings. The van der Waals surface area contributed by atoms with Crippen LogP contribution in [0.4, 0.5) is 0 Å². The molecule has 0 radical (unpaired) electrons. The molecule has 0 bridgehead atoms. The average Bonchev–Trinajstić information content (AvgIpc) is 2.93. The molecule has 0 unspecified atom stereocenters. The monoisotopic (exact) mass is 328 g/mol. The molecule has 1 saturated heterocycles. The lowest BCUT2D eigenvalue weighted by Gasteiger charge is -2.22. The van der Waals surface area contributed by atoms with Crippen molar-refractivity contribution in [3.63, 3.8) is 0 Å². The molecule has 0 spiro atoms. The van der Waals surface area contributed by atoms with Crippen LogP contribution in [0.1, 0.15) is 53.9 Å². The Morgan fingerprint density at radius 3 is 2.88 bits per heavy atom. The number of benzene rings is 1. The van der Waals surface area contributed by atoms with Crippen LogP contribution in [0.15, 0.2) is 18.2 Å². The van der Waals surface area contributed by atoms with Crippen LogP contribution < -0.4 is 10.1 Å². The Bertz CT molecular complexity index is 610. The molecular formula is C20H28N2O2. The third-order valence-electron chi connectivity index (χ3n) is 6.03. The quantitative estimate of drug-likeness (QED) is 0.927. The van der Waals surface area contributed by atoms with Crippen LogP contribution in [0.5, 0.6) is 5.75 Å². The van der Waals surface area contributed by atoms with E-state index >= 15 is 0 Å². The van der Waals surface area contributed by atoms with Gasteiger partial charge in [0.1, 0.15) is 5.75 Å². The van der Waals surface area contributed by atoms with E-state index in [-0.39, 0.29) is 5.91 Å². The lowest BCUT2D eigenvalue weighted by Crippen LogP contribution is -2.29. The molecule has 24 heavy (non-hydrogen) atoms. The van der Waals surface area contributed by atoms with E-state index in [0.717, 1.165) is 37.6 Å². The van der Waals surface area contributed by atoms with Crippen molar-refractivity contribution in [1.82, 2.24) is 10.2 Å². The molecule has 1 aromatic carbocycles. The smallest absolute Gasteiger partial charge is 0.251 e. The molecule has 130 valence electrons. The average molecular weight is 328 g/mol. The van der Waals surface area contributed by atoms with Gasteiger partial charge in [0.05, 0.1) is 6.61 Å². The Hall–Kier alpha value is -1.55. The third-order valence-corrected chi connectivity index (χ3v) is 6.03. The molecular weight excluding hydrogens is 300 g/mol. The highest BCUT2D eigenvalue weighted by Gasteiger charge is 2.36. The molecule has 4 heteroatoms. The normalized spacial score (nSPS) is 28.0. The first-order valence-electron chi connectivity index (χ1n) is 9.44. The summed E-state index contributed by atoms with van der Waals surface area (Å²) >= 11 is 0. The van der Waals surface area contributed by atoms with Gasteiger partial charge in [-0.3, -0.25) is 4.79 Å². The van der Waals surface area contributed by atoms with E-state index in [1.165, 1.54) is 37.7 Å². The lowest BCUT2D eigenvalue weighted by molar-refractivity contribution is 0.0951. The third kappa shape index (κ3) is 3.16. The predicted octanol–water partition coefficient (Wildman–Crippen LogP) is 3.03. The summed E-state index contributed by atoms with van der Waals surface area (Å²) in [6.07, 6.45) is 6.59. The zero-order chi connectivity index (χ0) is 16.5. The number of hydrogen-bond donors (Lipinski definition) is 1. The number of fused-ring (bicyclic) bond motifs is 3. The number of rotatable bonds is 3. The number of nitrogens with one attached hydrogen (secondary N) is 1. The van der Waals surface area contributed by atoms with Gasteiger partial charge in [0, 0.05) is 31.1 Å². The van der Waals surface area contributed by atoms with Crippen molar-refractivity contribution in [1.29, 1.82) is 0 Å². The minimum Gasteiger partial charge on any atom is -0.493 e. The topological polar surface area (TPSA) is 41.6 Å². The highest BCUT2D eigenvalue weighted by atomic mass is 16.5. The molecule has 4 nitrogen and oxygen atoms in total. The highest BCUT2D eigenvalue weighted by molar-refractivity contribution is 5.96. The van der Waals surface area contributed by atoms with E-state index in [4.69, 9.17) is 4.74 Å². The number of hydrogen-bond acceptors (Lipinski definition) is 3. The first-order chi connectivity index (χ1) is 11.7. The molecule has 2 aliphatic heterocycles. The Labute approximate surface area is 144 Å². The van der Waals surface area contributed by atoms with E-state index < -0.39 is 0 Å². The maximum absolute atomic E-state index is 12.5. The van der Waals surface area contributed by atoms with E-state index in [1.54, 1.807) is 0 Å². The Kier molecular flexibility index (Phi) is 4.49. The molecule has 2 fully saturated rings. The summed E-state index contributed by atoms with van der Waals surface area (Å²) in [6.45, 7) is 3.66. The van der Waals surface area contributed by atoms with Crippen LogP contribution >= 0.6 is 0 Å². The molecule has 1 aliphatic carbocycles. The van der Waals surface area contributed by atoms with E-state index in [0.29, 0.717) is 17.8 Å². The predicted molar refractivity (Wildman–Crippen MR) is 94.6 cm³/mol. The van der Waals surface area contributed by atoms with Gasteiger partial charge >= 0.3 is 0 Å². The molecule has 2 atom stereocenters. The molecule has 4 rings (SSSR count). The minimum atomic E-state index is 0.0603. The van der Waals surface area contributed by atoms with Crippen molar-refractivity contribution in [2.24, 2.45) is 11.8 Å². The van der Waals surface area contributed by atoms with Crippen LogP contribution in [0.25, 0.3) is 0 Å². The molecule has 1 saturated carbocycles. The fraction of sp³-hybridized carbons (Fsp3) is 0.650. The standard InChI is InChI=1S/C20H28N2O2/c1-22-11-15-10-21-20(23)18-9-16(7-8-17(18)19(15)12-22)24-13-14-5-3-2-4-6-14/h7-9,14-15,19H,2-6,10-13H2,1H3,(H,21,23)/t15-,19-/m1/s1. The Balaban J connectivity index is 1.51. The van der Waals surface area contributed by atoms with Crippen molar-refractivity contribution in [3.05, 3.63) is 29.3 Å². The van der Waals surface area contributed by atoms with E-state index in [9.17, 15) is 4.79 Å². The highest BCUT2D eigenvalue weighted by Crippen LogP contribution is 2.37. The molecule has 1 N–H and O–H groups in total. The van der Waals surface area contributed by atoms with Gasteiger partial charge < -0.3 is 15.0 Å². The fourth-order valence-electron chi connectivity index (χ4n) is 4.68. The van der Waals surface area contributed by atoms with Gasteiger partial charge in [-0.2, -0.15) is 0 Å². The van der Waals surface area contributed by atoms with Crippen LogP contribution in [-0.4, -0.2) is 44.1 Å². The number of nitrogens with zero attached hydrogens (tertiary/aromatic N) is 1. The summed E-state index contributed by atoms with van der Waals surface area (Å²) in [5.74, 6) is 2.56. The second-order valence-electron chi connectivity index (χ2n) is 7.86. The van der Waals surface area contributed by atoms with Crippen LogP contribution in [0.3, 0.4) is 0 Å². The Morgan fingerprint density at radius 1 is 1.21 bits per heavy atom. The zero-order valence-electron chi connectivity index (χ0n) is 14.6. The summed E-state index contributed by atoms with van der Waals surface area (Å²) in [5.41, 5.74) is 2.02. The van der Waals surface area contributed by atoms with Crippen molar-refractivity contribution in [2.75, 3.05) is 33.3 Å². The number of likely N-dealkylation sites (tertiary alicyclic amines) is 1. The van der Waals surface area contributed by atoms with Gasteiger partial charge in [0.25, 0.3) is 5.91 Å². The van der Waals surface area contributed by atoms with Gasteiger partial charge in [-0.25, -0.2) is 0 Å². The number of carbonyl (C=O) groups is 1. The molecule has 1 amide bonds. The fourth-order valence-corrected chi connectivity index (χ4v) is 4.68. The van der Waals surface area contributed by atoms with Gasteiger partial charge in [0.15, 0.2) is 0 Å². The van der Waals surface area contributed by atoms with Crippen molar-refractivity contribution in [3.8, 4) is 5.75 Å². The SMILES string of the molecule is CN1C[C@H]2CNC(=O)c3cc(OCC4CCCCC4)ccc3[C@@H]2C1. The second kappa shape index (κ2) is 6.75. The van der Waals surface area contributed by atoms with E-state index in [1.807, 2.05) is 6.07 Å². The first kappa shape index (κ1) is 15.9. The summed E-state index contributed by atoms with van der Waals surface area (Å²) in [6, 6.07) is 6.16. The van der Waals surface area contributed by atoms with Crippen LogP contribution in [-0.2, 0) is 0 Å². The number of likely N-dealkylation sites (N-methyl/N-ethyl adjacent to an activating group) is 1. The van der Waals surface area contributed by atoms with Crippen molar-refractivity contribution in [2.45, 2.75) is 38.0 Å². The van der Waals surface area contributed by atoms with Crippen molar-refractivity contribution < 1.29 is 9.53 Å². The maximum atomic E-state index is 12.5.